The predicted molar refractivity (Wildman–Crippen MR) is 84.7 cm³/mol. The molecule has 1 aliphatic carbocycles. The number of hydrogen-bond donors (Lipinski definition) is 2. The molecule has 122 valence electrons. The van der Waals surface area contributed by atoms with Crippen molar-refractivity contribution >= 4 is 11.8 Å². The summed E-state index contributed by atoms with van der Waals surface area (Å²) in [5.74, 6) is 1.23. The van der Waals surface area contributed by atoms with Crippen LogP contribution in [0, 0.1) is 12.8 Å². The highest BCUT2D eigenvalue weighted by Gasteiger charge is 2.39. The van der Waals surface area contributed by atoms with Crippen molar-refractivity contribution in [1.82, 2.24) is 14.7 Å². The summed E-state index contributed by atoms with van der Waals surface area (Å²) in [6.45, 7) is 2.34. The fourth-order valence-electron chi connectivity index (χ4n) is 3.95. The van der Waals surface area contributed by atoms with Crippen LogP contribution in [0.2, 0.25) is 0 Å². The lowest BCUT2D eigenvalue weighted by Gasteiger charge is -2.33. The van der Waals surface area contributed by atoms with Gasteiger partial charge in [-0.1, -0.05) is 19.3 Å². The minimum absolute atomic E-state index is 0.116. The Bertz CT molecular complexity index is 536. The number of rotatable bonds is 2. The van der Waals surface area contributed by atoms with E-state index in [1.54, 1.807) is 4.68 Å². The molecule has 6 nitrogen and oxygen atoms in total. The highest BCUT2D eigenvalue weighted by atomic mass is 16.3. The average molecular weight is 306 g/mol. The van der Waals surface area contributed by atoms with Crippen molar-refractivity contribution in [2.75, 3.05) is 11.9 Å². The van der Waals surface area contributed by atoms with Gasteiger partial charge < -0.3 is 10.0 Å². The van der Waals surface area contributed by atoms with E-state index in [9.17, 15) is 9.90 Å². The van der Waals surface area contributed by atoms with Crippen LogP contribution in [0.4, 0.5) is 10.6 Å². The topological polar surface area (TPSA) is 70.4 Å². The molecule has 1 saturated carbocycles. The van der Waals surface area contributed by atoms with Gasteiger partial charge >= 0.3 is 6.03 Å². The third kappa shape index (κ3) is 3.11. The van der Waals surface area contributed by atoms with Gasteiger partial charge in [0.25, 0.3) is 0 Å². The predicted octanol–water partition coefficient (Wildman–Crippen LogP) is 2.28. The number of aliphatic hydroxyl groups excluding tert-OH is 1. The SMILES string of the molecule is Cc1cc(NC(=O)N2C[C@H](O)C[C@@H]2C2CCCCC2)n(C)n1. The molecule has 2 aliphatic rings. The molecule has 6 heteroatoms. The van der Waals surface area contributed by atoms with Crippen LogP contribution in [-0.4, -0.2) is 44.5 Å². The molecule has 2 atom stereocenters. The normalized spacial score (nSPS) is 26.4. The molecule has 1 aromatic heterocycles. The van der Waals surface area contributed by atoms with Crippen LogP contribution >= 0.6 is 0 Å². The van der Waals surface area contributed by atoms with Gasteiger partial charge in [0.05, 0.1) is 11.8 Å². The molecular weight excluding hydrogens is 280 g/mol. The van der Waals surface area contributed by atoms with Crippen molar-refractivity contribution in [3.05, 3.63) is 11.8 Å². The number of aromatic nitrogens is 2. The van der Waals surface area contributed by atoms with Gasteiger partial charge in [0.15, 0.2) is 0 Å². The Morgan fingerprint density at radius 3 is 2.73 bits per heavy atom. The fourth-order valence-corrected chi connectivity index (χ4v) is 3.95. The second-order valence-corrected chi connectivity index (χ2v) is 6.73. The molecule has 3 rings (SSSR count). The zero-order valence-electron chi connectivity index (χ0n) is 13.5. The van der Waals surface area contributed by atoms with Gasteiger partial charge in [-0.05, 0) is 32.1 Å². The van der Waals surface area contributed by atoms with Crippen molar-refractivity contribution in [2.24, 2.45) is 13.0 Å². The Hall–Kier alpha value is -1.56. The van der Waals surface area contributed by atoms with Crippen LogP contribution in [0.5, 0.6) is 0 Å². The third-order valence-corrected chi connectivity index (χ3v) is 5.01. The Morgan fingerprint density at radius 1 is 1.36 bits per heavy atom. The van der Waals surface area contributed by atoms with Gasteiger partial charge in [0.2, 0.25) is 0 Å². The summed E-state index contributed by atoms with van der Waals surface area (Å²) in [7, 11) is 1.82. The number of aryl methyl sites for hydroxylation is 2. The van der Waals surface area contributed by atoms with E-state index in [-0.39, 0.29) is 12.1 Å². The van der Waals surface area contributed by atoms with Crippen molar-refractivity contribution < 1.29 is 9.90 Å². The largest absolute Gasteiger partial charge is 0.391 e. The first kappa shape index (κ1) is 15.3. The smallest absolute Gasteiger partial charge is 0.323 e. The van der Waals surface area contributed by atoms with Gasteiger partial charge in [-0.2, -0.15) is 5.10 Å². The van der Waals surface area contributed by atoms with E-state index in [1.165, 1.54) is 32.1 Å². The first-order valence-corrected chi connectivity index (χ1v) is 8.31. The summed E-state index contributed by atoms with van der Waals surface area (Å²) < 4.78 is 1.68. The molecule has 2 N–H and O–H groups in total. The van der Waals surface area contributed by atoms with Crippen molar-refractivity contribution in [1.29, 1.82) is 0 Å². The minimum atomic E-state index is -0.397. The zero-order valence-corrected chi connectivity index (χ0v) is 13.5. The number of amides is 2. The van der Waals surface area contributed by atoms with Gasteiger partial charge in [-0.25, -0.2) is 4.79 Å². The maximum atomic E-state index is 12.6. The Kier molecular flexibility index (Phi) is 4.38. The van der Waals surface area contributed by atoms with Crippen LogP contribution < -0.4 is 5.32 Å². The number of urea groups is 1. The van der Waals surface area contributed by atoms with Gasteiger partial charge in [0.1, 0.15) is 5.82 Å². The second-order valence-electron chi connectivity index (χ2n) is 6.73. The first-order chi connectivity index (χ1) is 10.5. The Morgan fingerprint density at radius 2 is 2.09 bits per heavy atom. The van der Waals surface area contributed by atoms with Crippen LogP contribution in [0.25, 0.3) is 0 Å². The van der Waals surface area contributed by atoms with E-state index >= 15 is 0 Å². The van der Waals surface area contributed by atoms with Crippen LogP contribution in [0.1, 0.15) is 44.2 Å². The number of carbonyl (C=O) groups is 1. The van der Waals surface area contributed by atoms with Crippen LogP contribution in [0.3, 0.4) is 0 Å². The lowest BCUT2D eigenvalue weighted by molar-refractivity contribution is 0.164. The molecule has 2 amide bonds. The number of carbonyl (C=O) groups excluding carboxylic acids is 1. The maximum Gasteiger partial charge on any atom is 0.323 e. The molecule has 0 unspecified atom stereocenters. The number of nitrogens with zero attached hydrogens (tertiary/aromatic N) is 3. The van der Waals surface area contributed by atoms with Crippen molar-refractivity contribution in [2.45, 2.75) is 57.6 Å². The van der Waals surface area contributed by atoms with E-state index in [0.29, 0.717) is 24.7 Å². The van der Waals surface area contributed by atoms with E-state index < -0.39 is 6.10 Å². The number of nitrogens with one attached hydrogen (secondary N) is 1. The fraction of sp³-hybridized carbons (Fsp3) is 0.750. The molecule has 22 heavy (non-hydrogen) atoms. The summed E-state index contributed by atoms with van der Waals surface area (Å²) in [5, 5.41) is 17.2. The van der Waals surface area contributed by atoms with Gasteiger partial charge in [-0.3, -0.25) is 10.00 Å². The lowest BCUT2D eigenvalue weighted by Crippen LogP contribution is -2.43. The summed E-state index contributed by atoms with van der Waals surface area (Å²) in [6, 6.07) is 1.92. The monoisotopic (exact) mass is 306 g/mol. The van der Waals surface area contributed by atoms with Crippen molar-refractivity contribution in [3.8, 4) is 0 Å². The first-order valence-electron chi connectivity index (χ1n) is 8.31. The van der Waals surface area contributed by atoms with Gasteiger partial charge in [-0.15, -0.1) is 0 Å². The number of hydrogen-bond acceptors (Lipinski definition) is 3. The van der Waals surface area contributed by atoms with E-state index in [4.69, 9.17) is 0 Å². The Labute approximate surface area is 131 Å². The molecule has 1 aliphatic heterocycles. The maximum absolute atomic E-state index is 12.6. The molecule has 2 fully saturated rings. The number of likely N-dealkylation sites (tertiary alicyclic amines) is 1. The molecule has 2 heterocycles. The molecule has 1 saturated heterocycles. The van der Waals surface area contributed by atoms with E-state index in [0.717, 1.165) is 5.69 Å². The van der Waals surface area contributed by atoms with E-state index in [2.05, 4.69) is 10.4 Å². The quantitative estimate of drug-likeness (QED) is 0.880. The molecule has 0 spiro atoms. The highest BCUT2D eigenvalue weighted by molar-refractivity contribution is 5.89. The summed E-state index contributed by atoms with van der Waals surface area (Å²) in [4.78, 5) is 14.5. The molecular formula is C16H26N4O2. The number of aliphatic hydroxyl groups is 1. The standard InChI is InChI=1S/C16H26N4O2/c1-11-8-15(19(2)18-11)17-16(22)20-10-13(21)9-14(20)12-6-4-3-5-7-12/h8,12-14,21H,3-7,9-10H2,1-2H3,(H,17,22)/t13-,14-/m1/s1. The number of anilines is 1. The zero-order chi connectivity index (χ0) is 15.7. The molecule has 1 aromatic rings. The lowest BCUT2D eigenvalue weighted by atomic mass is 9.83. The van der Waals surface area contributed by atoms with Crippen LogP contribution in [-0.2, 0) is 7.05 Å². The summed E-state index contributed by atoms with van der Waals surface area (Å²) >= 11 is 0. The van der Waals surface area contributed by atoms with E-state index in [1.807, 2.05) is 24.9 Å². The van der Waals surface area contributed by atoms with Crippen LogP contribution in [0.15, 0.2) is 6.07 Å². The van der Waals surface area contributed by atoms with Crippen molar-refractivity contribution in [3.63, 3.8) is 0 Å². The number of β-amino-alcohol motifs (C(OH)–C–C–N with tert-alkyl or cyclic N) is 1. The average Bonchev–Trinajstić information content (AvgIpc) is 3.03. The molecule has 0 aromatic carbocycles. The third-order valence-electron chi connectivity index (χ3n) is 5.01. The second kappa shape index (κ2) is 6.28. The molecule has 0 radical (unpaired) electrons. The summed E-state index contributed by atoms with van der Waals surface area (Å²) in [5.41, 5.74) is 0.878. The van der Waals surface area contributed by atoms with Gasteiger partial charge in [0, 0.05) is 25.7 Å². The molecule has 0 bridgehead atoms. The Balaban J connectivity index is 1.70. The minimum Gasteiger partial charge on any atom is -0.391 e. The highest BCUT2D eigenvalue weighted by Crippen LogP contribution is 2.34. The summed E-state index contributed by atoms with van der Waals surface area (Å²) in [6.07, 6.45) is 6.44.